The van der Waals surface area contributed by atoms with E-state index in [-0.39, 0.29) is 5.54 Å². The van der Waals surface area contributed by atoms with Crippen LogP contribution in [-0.2, 0) is 0 Å². The molecule has 1 aliphatic heterocycles. The summed E-state index contributed by atoms with van der Waals surface area (Å²) in [6.07, 6.45) is 0. The lowest BCUT2D eigenvalue weighted by atomic mass is 10.2. The lowest BCUT2D eigenvalue weighted by molar-refractivity contribution is 0.597. The van der Waals surface area contributed by atoms with E-state index in [1.165, 1.54) is 0 Å². The molecule has 0 amide bonds. The van der Waals surface area contributed by atoms with Crippen molar-refractivity contribution in [3.05, 3.63) is 23.2 Å². The van der Waals surface area contributed by atoms with Crippen LogP contribution in [0.2, 0.25) is 5.02 Å². The Bertz CT molecular complexity index is 532. The molecule has 0 radical (unpaired) electrons. The van der Waals surface area contributed by atoms with E-state index in [1.54, 1.807) is 0 Å². The van der Waals surface area contributed by atoms with Crippen molar-refractivity contribution in [2.45, 2.75) is 19.4 Å². The zero-order valence-electron chi connectivity index (χ0n) is 8.62. The van der Waals surface area contributed by atoms with Gasteiger partial charge in [-0.15, -0.1) is 0 Å². The van der Waals surface area contributed by atoms with Gasteiger partial charge in [0.05, 0.1) is 5.54 Å². The Morgan fingerprint density at radius 2 is 2.20 bits per heavy atom. The van der Waals surface area contributed by atoms with E-state index in [1.807, 2.05) is 18.2 Å². The Labute approximate surface area is 92.6 Å². The molecule has 0 unspecified atom stereocenters. The van der Waals surface area contributed by atoms with E-state index < -0.39 is 0 Å². The van der Waals surface area contributed by atoms with Gasteiger partial charge < -0.3 is 9.32 Å². The van der Waals surface area contributed by atoms with Crippen molar-refractivity contribution in [1.29, 1.82) is 0 Å². The van der Waals surface area contributed by atoms with Crippen LogP contribution in [0.4, 0.5) is 6.01 Å². The maximum atomic E-state index is 5.88. The minimum atomic E-state index is 0.185. The number of fused-ring (bicyclic) bond motifs is 1. The van der Waals surface area contributed by atoms with Crippen LogP contribution in [0.3, 0.4) is 0 Å². The van der Waals surface area contributed by atoms with Crippen molar-refractivity contribution in [3.8, 4) is 0 Å². The highest BCUT2D eigenvalue weighted by molar-refractivity contribution is 6.31. The number of anilines is 1. The number of aromatic nitrogens is 1. The molecule has 0 saturated carbocycles. The molecule has 0 bridgehead atoms. The number of nitrogens with zero attached hydrogens (tertiary/aromatic N) is 2. The van der Waals surface area contributed by atoms with Gasteiger partial charge in [-0.25, -0.2) is 0 Å². The first-order valence-corrected chi connectivity index (χ1v) is 5.28. The van der Waals surface area contributed by atoms with E-state index in [2.05, 4.69) is 23.7 Å². The number of hydrogen-bond acceptors (Lipinski definition) is 3. The number of oxazole rings is 1. The molecule has 78 valence electrons. The maximum absolute atomic E-state index is 5.88. The summed E-state index contributed by atoms with van der Waals surface area (Å²) in [5.74, 6) is 0. The Hall–Kier alpha value is -1.22. The molecule has 15 heavy (non-hydrogen) atoms. The van der Waals surface area contributed by atoms with E-state index >= 15 is 0 Å². The summed E-state index contributed by atoms with van der Waals surface area (Å²) in [7, 11) is 0. The van der Waals surface area contributed by atoms with Gasteiger partial charge in [-0.3, -0.25) is 0 Å². The van der Waals surface area contributed by atoms with Crippen LogP contribution in [0.25, 0.3) is 11.1 Å². The van der Waals surface area contributed by atoms with Crippen molar-refractivity contribution < 1.29 is 4.42 Å². The number of rotatable bonds is 1. The van der Waals surface area contributed by atoms with Gasteiger partial charge in [0.1, 0.15) is 5.52 Å². The van der Waals surface area contributed by atoms with Gasteiger partial charge in [-0.05, 0) is 32.0 Å². The number of halogens is 1. The molecule has 4 heteroatoms. The van der Waals surface area contributed by atoms with Gasteiger partial charge in [-0.2, -0.15) is 4.98 Å². The summed E-state index contributed by atoms with van der Waals surface area (Å²) in [5, 5.41) is 0.687. The highest BCUT2D eigenvalue weighted by atomic mass is 35.5. The highest BCUT2D eigenvalue weighted by Gasteiger charge is 2.46. The predicted molar refractivity (Wildman–Crippen MR) is 60.4 cm³/mol. The smallest absolute Gasteiger partial charge is 0.298 e. The second-order valence-corrected chi connectivity index (χ2v) is 4.94. The van der Waals surface area contributed by atoms with E-state index in [4.69, 9.17) is 16.0 Å². The standard InChI is InChI=1S/C11H11ClN2O/c1-11(2)6-14(11)10-13-8-5-7(12)3-4-9(8)15-10/h3-5H,6H2,1-2H3. The van der Waals surface area contributed by atoms with Crippen LogP contribution in [0, 0.1) is 0 Å². The van der Waals surface area contributed by atoms with Gasteiger partial charge >= 0.3 is 0 Å². The van der Waals surface area contributed by atoms with Crippen LogP contribution in [0.1, 0.15) is 13.8 Å². The topological polar surface area (TPSA) is 29.0 Å². The Morgan fingerprint density at radius 3 is 2.87 bits per heavy atom. The summed E-state index contributed by atoms with van der Waals surface area (Å²) in [6, 6.07) is 6.18. The molecule has 0 N–H and O–H groups in total. The Balaban J connectivity index is 2.08. The molecule has 1 saturated heterocycles. The molecule has 2 heterocycles. The second-order valence-electron chi connectivity index (χ2n) is 4.51. The van der Waals surface area contributed by atoms with Gasteiger partial charge in [0, 0.05) is 11.6 Å². The second kappa shape index (κ2) is 2.67. The first-order valence-electron chi connectivity index (χ1n) is 4.90. The van der Waals surface area contributed by atoms with Crippen LogP contribution < -0.4 is 4.90 Å². The summed E-state index contributed by atoms with van der Waals surface area (Å²) in [4.78, 5) is 6.53. The lowest BCUT2D eigenvalue weighted by Gasteiger charge is -2.00. The molecule has 1 aromatic heterocycles. The molecule has 2 aromatic rings. The first-order chi connectivity index (χ1) is 7.06. The van der Waals surface area contributed by atoms with Crippen molar-refractivity contribution in [1.82, 2.24) is 4.98 Å². The molecular weight excluding hydrogens is 212 g/mol. The zero-order chi connectivity index (χ0) is 10.6. The molecule has 3 rings (SSSR count). The summed E-state index contributed by atoms with van der Waals surface area (Å²) in [5.41, 5.74) is 1.79. The zero-order valence-corrected chi connectivity index (χ0v) is 9.38. The lowest BCUT2D eigenvalue weighted by Crippen LogP contribution is -2.07. The summed E-state index contributed by atoms with van der Waals surface area (Å²) >= 11 is 5.88. The van der Waals surface area contributed by atoms with Gasteiger partial charge in [0.25, 0.3) is 6.01 Å². The molecule has 3 nitrogen and oxygen atoms in total. The van der Waals surface area contributed by atoms with E-state index in [0.29, 0.717) is 11.0 Å². The van der Waals surface area contributed by atoms with Crippen molar-refractivity contribution in [3.63, 3.8) is 0 Å². The van der Waals surface area contributed by atoms with E-state index in [9.17, 15) is 0 Å². The summed E-state index contributed by atoms with van der Waals surface area (Å²) < 4.78 is 5.64. The first kappa shape index (κ1) is 9.04. The van der Waals surface area contributed by atoms with Gasteiger partial charge in [0.2, 0.25) is 0 Å². The van der Waals surface area contributed by atoms with E-state index in [0.717, 1.165) is 17.6 Å². The third-order valence-corrected chi connectivity index (χ3v) is 2.98. The average molecular weight is 223 g/mol. The van der Waals surface area contributed by atoms with Crippen LogP contribution in [0.15, 0.2) is 22.6 Å². The van der Waals surface area contributed by atoms with Crippen LogP contribution in [-0.4, -0.2) is 17.1 Å². The molecule has 0 atom stereocenters. The van der Waals surface area contributed by atoms with Crippen molar-refractivity contribution >= 4 is 28.7 Å². The Morgan fingerprint density at radius 1 is 1.47 bits per heavy atom. The number of benzene rings is 1. The summed E-state index contributed by atoms with van der Waals surface area (Å²) in [6.45, 7) is 5.32. The number of hydrogen-bond donors (Lipinski definition) is 0. The quantitative estimate of drug-likeness (QED) is 0.695. The van der Waals surface area contributed by atoms with Crippen molar-refractivity contribution in [2.24, 2.45) is 0 Å². The fourth-order valence-corrected chi connectivity index (χ4v) is 1.85. The minimum absolute atomic E-state index is 0.185. The SMILES string of the molecule is CC1(C)CN1c1nc2cc(Cl)ccc2o1. The van der Waals surface area contributed by atoms with Crippen molar-refractivity contribution in [2.75, 3.05) is 11.4 Å². The maximum Gasteiger partial charge on any atom is 0.298 e. The fraction of sp³-hybridized carbons (Fsp3) is 0.364. The molecule has 0 aliphatic carbocycles. The fourth-order valence-electron chi connectivity index (χ4n) is 1.68. The molecule has 1 fully saturated rings. The van der Waals surface area contributed by atoms with Crippen LogP contribution in [0.5, 0.6) is 0 Å². The monoisotopic (exact) mass is 222 g/mol. The molecule has 1 aliphatic rings. The van der Waals surface area contributed by atoms with Gasteiger partial charge in [0.15, 0.2) is 5.58 Å². The third kappa shape index (κ3) is 1.38. The average Bonchev–Trinajstić information content (AvgIpc) is 2.63. The molecular formula is C11H11ClN2O. The largest absolute Gasteiger partial charge is 0.423 e. The van der Waals surface area contributed by atoms with Crippen LogP contribution >= 0.6 is 11.6 Å². The molecule has 0 spiro atoms. The normalized spacial score (nSPS) is 18.5. The predicted octanol–water partition coefficient (Wildman–Crippen LogP) is 3.08. The third-order valence-electron chi connectivity index (χ3n) is 2.74. The highest BCUT2D eigenvalue weighted by Crippen LogP contribution is 2.38. The minimum Gasteiger partial charge on any atom is -0.423 e. The Kier molecular flexibility index (Phi) is 1.61. The molecule has 1 aromatic carbocycles. The van der Waals surface area contributed by atoms with Gasteiger partial charge in [-0.1, -0.05) is 11.6 Å².